The summed E-state index contributed by atoms with van der Waals surface area (Å²) in [4.78, 5) is 12.2. The van der Waals surface area contributed by atoms with Gasteiger partial charge in [-0.1, -0.05) is 11.6 Å². The molecule has 88 valence electrons. The number of hydrogen-bond donors (Lipinski definition) is 1. The summed E-state index contributed by atoms with van der Waals surface area (Å²) in [5.74, 6) is -0.0518. The van der Waals surface area contributed by atoms with Crippen molar-refractivity contribution in [1.82, 2.24) is 15.1 Å². The van der Waals surface area contributed by atoms with E-state index in [1.165, 1.54) is 6.20 Å². The molecule has 2 heterocycles. The number of carbonyl (C=O) groups is 1. The summed E-state index contributed by atoms with van der Waals surface area (Å²) in [7, 11) is 0. The van der Waals surface area contributed by atoms with Crippen LogP contribution < -0.4 is 5.32 Å². The first-order valence-electron chi connectivity index (χ1n) is 5.30. The molecule has 1 unspecified atom stereocenters. The van der Waals surface area contributed by atoms with Crippen molar-refractivity contribution in [1.29, 1.82) is 0 Å². The molecule has 1 aromatic rings. The summed E-state index contributed by atoms with van der Waals surface area (Å²) in [6, 6.07) is -0.312. The van der Waals surface area contributed by atoms with E-state index in [-0.39, 0.29) is 11.8 Å². The van der Waals surface area contributed by atoms with Crippen molar-refractivity contribution in [3.8, 4) is 0 Å². The third-order valence-corrected chi connectivity index (χ3v) is 2.84. The lowest BCUT2D eigenvalue weighted by atomic mass is 10.1. The highest BCUT2D eigenvalue weighted by Gasteiger charge is 2.27. The molecule has 1 aliphatic heterocycles. The third-order valence-electron chi connectivity index (χ3n) is 2.57. The van der Waals surface area contributed by atoms with E-state index >= 15 is 0 Å². The molecular formula is C10H14ClN3O2. The summed E-state index contributed by atoms with van der Waals surface area (Å²) in [6.07, 6.45) is 1.50. The van der Waals surface area contributed by atoms with Crippen LogP contribution in [0.3, 0.4) is 0 Å². The Morgan fingerprint density at radius 2 is 2.62 bits per heavy atom. The van der Waals surface area contributed by atoms with Gasteiger partial charge in [-0.2, -0.15) is 5.10 Å². The average Bonchev–Trinajstić information content (AvgIpc) is 2.70. The van der Waals surface area contributed by atoms with E-state index in [0.717, 1.165) is 0 Å². The number of Topliss-reactive ketones (excluding diaryl/α,β-unsaturated/α-hetero) is 1. The molecule has 6 heteroatoms. The number of rotatable bonds is 3. The minimum absolute atomic E-state index is 0.0518. The van der Waals surface area contributed by atoms with Crippen molar-refractivity contribution in [2.45, 2.75) is 19.5 Å². The van der Waals surface area contributed by atoms with Gasteiger partial charge in [-0.25, -0.2) is 0 Å². The molecule has 2 rings (SSSR count). The van der Waals surface area contributed by atoms with Crippen LogP contribution in [0.1, 0.15) is 17.4 Å². The molecule has 0 spiro atoms. The van der Waals surface area contributed by atoms with Crippen molar-refractivity contribution in [3.05, 3.63) is 16.9 Å². The molecule has 1 aliphatic rings. The van der Waals surface area contributed by atoms with E-state index in [9.17, 15) is 4.79 Å². The molecule has 1 saturated heterocycles. The van der Waals surface area contributed by atoms with E-state index < -0.39 is 0 Å². The number of nitrogens with one attached hydrogen (secondary N) is 1. The van der Waals surface area contributed by atoms with E-state index in [1.807, 2.05) is 6.92 Å². The Bertz CT molecular complexity index is 385. The van der Waals surface area contributed by atoms with Crippen molar-refractivity contribution in [2.75, 3.05) is 19.8 Å². The molecule has 1 aromatic heterocycles. The smallest absolute Gasteiger partial charge is 0.201 e. The zero-order valence-corrected chi connectivity index (χ0v) is 9.83. The molecule has 0 amide bonds. The normalized spacial score (nSPS) is 21.0. The molecule has 0 aromatic carbocycles. The summed E-state index contributed by atoms with van der Waals surface area (Å²) < 4.78 is 6.87. The Labute approximate surface area is 98.7 Å². The number of aryl methyl sites for hydroxylation is 1. The van der Waals surface area contributed by atoms with E-state index in [2.05, 4.69) is 10.4 Å². The Morgan fingerprint density at radius 1 is 1.81 bits per heavy atom. The van der Waals surface area contributed by atoms with Crippen LogP contribution in [0.25, 0.3) is 0 Å². The van der Waals surface area contributed by atoms with Gasteiger partial charge in [-0.3, -0.25) is 9.48 Å². The maximum absolute atomic E-state index is 12.2. The fourth-order valence-electron chi connectivity index (χ4n) is 1.75. The number of ketones is 1. The highest BCUT2D eigenvalue weighted by Crippen LogP contribution is 2.17. The Morgan fingerprint density at radius 3 is 3.25 bits per heavy atom. The lowest BCUT2D eigenvalue weighted by Gasteiger charge is -2.22. The van der Waals surface area contributed by atoms with Gasteiger partial charge in [-0.15, -0.1) is 0 Å². The minimum Gasteiger partial charge on any atom is -0.378 e. The molecule has 0 radical (unpaired) electrons. The van der Waals surface area contributed by atoms with Gasteiger partial charge in [0, 0.05) is 13.1 Å². The SMILES string of the molecule is CCn1ncc(Cl)c1C(=O)C1COCCN1. The van der Waals surface area contributed by atoms with Gasteiger partial charge < -0.3 is 10.1 Å². The predicted octanol–water partition coefficient (Wildman–Crippen LogP) is 0.727. The molecule has 0 bridgehead atoms. The number of hydrogen-bond acceptors (Lipinski definition) is 4. The first-order chi connectivity index (χ1) is 7.74. The lowest BCUT2D eigenvalue weighted by Crippen LogP contribution is -2.47. The van der Waals surface area contributed by atoms with Crippen molar-refractivity contribution < 1.29 is 9.53 Å². The van der Waals surface area contributed by atoms with Crippen LogP contribution in [-0.4, -0.2) is 41.4 Å². The lowest BCUT2D eigenvalue weighted by molar-refractivity contribution is 0.0600. The molecule has 0 aliphatic carbocycles. The van der Waals surface area contributed by atoms with Crippen LogP contribution in [0.2, 0.25) is 5.02 Å². The second-order valence-electron chi connectivity index (χ2n) is 3.60. The largest absolute Gasteiger partial charge is 0.378 e. The number of ether oxygens (including phenoxy) is 1. The summed E-state index contributed by atoms with van der Waals surface area (Å²) in [5, 5.41) is 7.56. The van der Waals surface area contributed by atoms with Crippen LogP contribution in [0, 0.1) is 0 Å². The van der Waals surface area contributed by atoms with Gasteiger partial charge in [0.1, 0.15) is 5.69 Å². The molecule has 1 fully saturated rings. The highest BCUT2D eigenvalue weighted by atomic mass is 35.5. The van der Waals surface area contributed by atoms with E-state index in [0.29, 0.717) is 37.0 Å². The first kappa shape index (κ1) is 11.6. The zero-order chi connectivity index (χ0) is 11.5. The predicted molar refractivity (Wildman–Crippen MR) is 59.9 cm³/mol. The van der Waals surface area contributed by atoms with Crippen molar-refractivity contribution >= 4 is 17.4 Å². The highest BCUT2D eigenvalue weighted by molar-refractivity contribution is 6.33. The Kier molecular flexibility index (Phi) is 3.58. The quantitative estimate of drug-likeness (QED) is 0.796. The van der Waals surface area contributed by atoms with Crippen LogP contribution in [0.5, 0.6) is 0 Å². The topological polar surface area (TPSA) is 56.2 Å². The fraction of sp³-hybridized carbons (Fsp3) is 0.600. The fourth-order valence-corrected chi connectivity index (χ4v) is 1.98. The van der Waals surface area contributed by atoms with Crippen LogP contribution >= 0.6 is 11.6 Å². The second-order valence-corrected chi connectivity index (χ2v) is 4.01. The standard InChI is InChI=1S/C10H14ClN3O2/c1-2-14-9(7(11)5-13-14)10(15)8-6-16-4-3-12-8/h5,8,12H,2-4,6H2,1H3. The zero-order valence-electron chi connectivity index (χ0n) is 9.07. The number of morpholine rings is 1. The molecule has 16 heavy (non-hydrogen) atoms. The van der Waals surface area contributed by atoms with Gasteiger partial charge >= 0.3 is 0 Å². The van der Waals surface area contributed by atoms with Crippen LogP contribution in [0.15, 0.2) is 6.20 Å². The maximum atomic E-state index is 12.2. The molecule has 1 atom stereocenters. The molecule has 0 saturated carbocycles. The molecular weight excluding hydrogens is 230 g/mol. The van der Waals surface area contributed by atoms with Crippen LogP contribution in [-0.2, 0) is 11.3 Å². The van der Waals surface area contributed by atoms with Gasteiger partial charge in [0.15, 0.2) is 0 Å². The Hall–Kier alpha value is -0.910. The number of halogens is 1. The third kappa shape index (κ3) is 2.11. The number of carbonyl (C=O) groups excluding carboxylic acids is 1. The van der Waals surface area contributed by atoms with Crippen molar-refractivity contribution in [3.63, 3.8) is 0 Å². The van der Waals surface area contributed by atoms with Crippen LogP contribution in [0.4, 0.5) is 0 Å². The monoisotopic (exact) mass is 243 g/mol. The number of aromatic nitrogens is 2. The average molecular weight is 244 g/mol. The van der Waals surface area contributed by atoms with Crippen molar-refractivity contribution in [2.24, 2.45) is 0 Å². The maximum Gasteiger partial charge on any atom is 0.201 e. The minimum atomic E-state index is -0.312. The van der Waals surface area contributed by atoms with E-state index in [1.54, 1.807) is 4.68 Å². The first-order valence-corrected chi connectivity index (χ1v) is 5.68. The van der Waals surface area contributed by atoms with Gasteiger partial charge in [0.25, 0.3) is 0 Å². The summed E-state index contributed by atoms with van der Waals surface area (Å²) in [6.45, 7) is 4.27. The number of nitrogens with zero attached hydrogens (tertiary/aromatic N) is 2. The second kappa shape index (κ2) is 4.95. The van der Waals surface area contributed by atoms with Gasteiger partial charge in [0.2, 0.25) is 5.78 Å². The van der Waals surface area contributed by atoms with Gasteiger partial charge in [-0.05, 0) is 6.92 Å². The summed E-state index contributed by atoms with van der Waals surface area (Å²) >= 11 is 5.97. The Balaban J connectivity index is 2.21. The van der Waals surface area contributed by atoms with Gasteiger partial charge in [0.05, 0.1) is 30.5 Å². The molecule has 5 nitrogen and oxygen atoms in total. The molecule has 1 N–H and O–H groups in total. The van der Waals surface area contributed by atoms with E-state index in [4.69, 9.17) is 16.3 Å². The summed E-state index contributed by atoms with van der Waals surface area (Å²) in [5.41, 5.74) is 0.465.